The van der Waals surface area contributed by atoms with Crippen LogP contribution in [-0.2, 0) is 10.8 Å². The van der Waals surface area contributed by atoms with Crippen molar-refractivity contribution in [1.82, 2.24) is 0 Å². The van der Waals surface area contributed by atoms with Gasteiger partial charge in [-0.2, -0.15) is 0 Å². The summed E-state index contributed by atoms with van der Waals surface area (Å²) in [5.41, 5.74) is 1.47. The van der Waals surface area contributed by atoms with Gasteiger partial charge in [-0.3, -0.25) is 9.00 Å². The number of carboxylic acid groups (broad SMARTS) is 1. The molecule has 2 aromatic rings. The van der Waals surface area contributed by atoms with Gasteiger partial charge in [0.15, 0.2) is 5.78 Å². The Morgan fingerprint density at radius 3 is 2.13 bits per heavy atom. The van der Waals surface area contributed by atoms with Crippen molar-refractivity contribution in [1.29, 1.82) is 0 Å². The normalized spacial score (nSPS) is 11.7. The summed E-state index contributed by atoms with van der Waals surface area (Å²) in [7, 11) is -1.20. The molecule has 0 saturated carbocycles. The lowest BCUT2D eigenvalue weighted by Gasteiger charge is -2.13. The minimum absolute atomic E-state index is 0.0792. The molecular formula is C23H28O7S. The lowest BCUT2D eigenvalue weighted by Crippen LogP contribution is -2.16. The van der Waals surface area contributed by atoms with Gasteiger partial charge in [0, 0.05) is 28.3 Å². The number of hydrogen-bond donors (Lipinski definition) is 2. The molecule has 8 heteroatoms. The fourth-order valence-electron chi connectivity index (χ4n) is 3.02. The van der Waals surface area contributed by atoms with Crippen LogP contribution in [0.2, 0.25) is 0 Å². The second-order valence-corrected chi connectivity index (χ2v) is 8.73. The van der Waals surface area contributed by atoms with Crippen LogP contribution in [0.3, 0.4) is 0 Å². The zero-order valence-corrected chi connectivity index (χ0v) is 18.8. The third-order valence-electron chi connectivity index (χ3n) is 4.81. The molecule has 0 bridgehead atoms. The molecule has 1 atom stereocenters. The largest absolute Gasteiger partial charge is 0.507 e. The number of aromatic hydroxyl groups is 1. The van der Waals surface area contributed by atoms with Crippen LogP contribution in [0.5, 0.6) is 17.2 Å². The first kappa shape index (κ1) is 24.4. The van der Waals surface area contributed by atoms with Crippen molar-refractivity contribution in [2.45, 2.75) is 33.6 Å². The number of ketones is 1. The van der Waals surface area contributed by atoms with E-state index in [0.717, 1.165) is 0 Å². The lowest BCUT2D eigenvalue weighted by molar-refractivity contribution is 0.0695. The predicted molar refractivity (Wildman–Crippen MR) is 119 cm³/mol. The third-order valence-corrected chi connectivity index (χ3v) is 6.05. The van der Waals surface area contributed by atoms with E-state index in [2.05, 4.69) is 0 Å². The van der Waals surface area contributed by atoms with E-state index in [0.29, 0.717) is 35.5 Å². The molecule has 2 N–H and O–H groups in total. The molecule has 0 fully saturated rings. The lowest BCUT2D eigenvalue weighted by atomic mass is 10.0. The van der Waals surface area contributed by atoms with Crippen molar-refractivity contribution in [2.75, 3.05) is 24.7 Å². The summed E-state index contributed by atoms with van der Waals surface area (Å²) in [6.45, 7) is 5.61. The highest BCUT2D eigenvalue weighted by Gasteiger charge is 2.16. The Bertz CT molecular complexity index is 969. The number of Topliss-reactive ketones (excluding diaryl/α,β-unsaturated/α-hetero) is 1. The van der Waals surface area contributed by atoms with E-state index in [1.165, 1.54) is 6.07 Å². The first-order valence-corrected chi connectivity index (χ1v) is 11.5. The van der Waals surface area contributed by atoms with E-state index in [-0.39, 0.29) is 47.4 Å². The van der Waals surface area contributed by atoms with E-state index in [4.69, 9.17) is 14.6 Å². The molecule has 0 spiro atoms. The Morgan fingerprint density at radius 2 is 1.55 bits per heavy atom. The van der Waals surface area contributed by atoms with Gasteiger partial charge >= 0.3 is 5.97 Å². The fraction of sp³-hybridized carbons (Fsp3) is 0.391. The number of phenols is 1. The summed E-state index contributed by atoms with van der Waals surface area (Å²) >= 11 is 0. The Labute approximate surface area is 184 Å². The van der Waals surface area contributed by atoms with Crippen LogP contribution >= 0.6 is 0 Å². The average Bonchev–Trinajstić information content (AvgIpc) is 2.72. The number of ether oxygens (including phenoxy) is 2. The zero-order valence-electron chi connectivity index (χ0n) is 18.0. The molecule has 168 valence electrons. The Balaban J connectivity index is 1.82. The van der Waals surface area contributed by atoms with E-state index in [9.17, 15) is 18.9 Å². The SMILES string of the molecule is CCCC(=O)c1ccc(OCCS(=O)CCOc2cccc(C(=O)O)c2C)c(C)c1O. The van der Waals surface area contributed by atoms with Crippen molar-refractivity contribution in [2.24, 2.45) is 0 Å². The van der Waals surface area contributed by atoms with Crippen LogP contribution in [0.4, 0.5) is 0 Å². The second kappa shape index (κ2) is 11.5. The fourth-order valence-corrected chi connectivity index (χ4v) is 3.76. The predicted octanol–water partition coefficient (Wildman–Crippen LogP) is 3.90. The molecule has 0 radical (unpaired) electrons. The smallest absolute Gasteiger partial charge is 0.336 e. The monoisotopic (exact) mass is 448 g/mol. The topological polar surface area (TPSA) is 110 Å². The molecule has 2 aromatic carbocycles. The standard InChI is InChI=1S/C23H28O7S/c1-4-6-19(24)18-9-10-21(16(3)22(18)25)30-12-14-31(28)13-11-29-20-8-5-7-17(15(20)2)23(26)27/h5,7-10,25H,4,6,11-14H2,1-3H3,(H,26,27). The van der Waals surface area contributed by atoms with Gasteiger partial charge in [-0.25, -0.2) is 4.79 Å². The molecule has 0 aromatic heterocycles. The van der Waals surface area contributed by atoms with Crippen LogP contribution < -0.4 is 9.47 Å². The maximum absolute atomic E-state index is 12.2. The number of carboxylic acids is 1. The number of phenolic OH excluding ortho intramolecular Hbond substituents is 1. The number of carbonyl (C=O) groups is 2. The Morgan fingerprint density at radius 1 is 0.935 bits per heavy atom. The van der Waals surface area contributed by atoms with Crippen molar-refractivity contribution in [3.05, 3.63) is 52.6 Å². The summed E-state index contributed by atoms with van der Waals surface area (Å²) in [5.74, 6) is 0.234. The van der Waals surface area contributed by atoms with Gasteiger partial charge in [0.2, 0.25) is 0 Å². The molecule has 7 nitrogen and oxygen atoms in total. The van der Waals surface area contributed by atoms with Crippen molar-refractivity contribution in [3.63, 3.8) is 0 Å². The van der Waals surface area contributed by atoms with Gasteiger partial charge in [0.1, 0.15) is 17.2 Å². The third kappa shape index (κ3) is 6.55. The van der Waals surface area contributed by atoms with E-state index < -0.39 is 16.8 Å². The number of aromatic carboxylic acids is 1. The highest BCUT2D eigenvalue weighted by molar-refractivity contribution is 7.85. The van der Waals surface area contributed by atoms with Crippen LogP contribution in [0.15, 0.2) is 30.3 Å². The average molecular weight is 449 g/mol. The molecule has 0 amide bonds. The summed E-state index contributed by atoms with van der Waals surface area (Å²) in [6, 6.07) is 7.98. The van der Waals surface area contributed by atoms with E-state index >= 15 is 0 Å². The highest BCUT2D eigenvalue weighted by atomic mass is 32.2. The maximum atomic E-state index is 12.2. The molecule has 0 aliphatic carbocycles. The summed E-state index contributed by atoms with van der Waals surface area (Å²) in [4.78, 5) is 23.2. The quantitative estimate of drug-likeness (QED) is 0.474. The number of hydrogen-bond acceptors (Lipinski definition) is 6. The number of benzene rings is 2. The van der Waals surface area contributed by atoms with Crippen LogP contribution in [0.25, 0.3) is 0 Å². The molecule has 31 heavy (non-hydrogen) atoms. The first-order valence-electron chi connectivity index (χ1n) is 10.1. The molecule has 2 rings (SSSR count). The molecule has 1 unspecified atom stereocenters. The summed E-state index contributed by atoms with van der Waals surface area (Å²) in [6.07, 6.45) is 1.07. The van der Waals surface area contributed by atoms with Crippen molar-refractivity contribution < 1.29 is 33.5 Å². The van der Waals surface area contributed by atoms with E-state index in [1.54, 1.807) is 38.1 Å². The van der Waals surface area contributed by atoms with Gasteiger partial charge in [-0.1, -0.05) is 13.0 Å². The molecule has 0 aliphatic rings. The molecule has 0 heterocycles. The van der Waals surface area contributed by atoms with Gasteiger partial charge in [0.25, 0.3) is 0 Å². The van der Waals surface area contributed by atoms with E-state index in [1.807, 2.05) is 6.92 Å². The zero-order chi connectivity index (χ0) is 23.0. The van der Waals surface area contributed by atoms with Crippen LogP contribution in [0.1, 0.15) is 51.6 Å². The maximum Gasteiger partial charge on any atom is 0.336 e. The Hall–Kier alpha value is -2.87. The second-order valence-electron chi connectivity index (χ2n) is 7.04. The van der Waals surface area contributed by atoms with Crippen molar-refractivity contribution in [3.8, 4) is 17.2 Å². The van der Waals surface area contributed by atoms with Crippen LogP contribution in [0, 0.1) is 13.8 Å². The Kier molecular flexibility index (Phi) is 9.05. The summed E-state index contributed by atoms with van der Waals surface area (Å²) in [5, 5.41) is 19.4. The minimum atomic E-state index is -1.20. The number of carbonyl (C=O) groups excluding carboxylic acids is 1. The number of rotatable bonds is 12. The highest BCUT2D eigenvalue weighted by Crippen LogP contribution is 2.31. The minimum Gasteiger partial charge on any atom is -0.507 e. The molecule has 0 saturated heterocycles. The van der Waals surface area contributed by atoms with Gasteiger partial charge in [0.05, 0.1) is 35.8 Å². The van der Waals surface area contributed by atoms with Gasteiger partial charge in [-0.15, -0.1) is 0 Å². The first-order chi connectivity index (χ1) is 14.8. The van der Waals surface area contributed by atoms with Gasteiger partial charge in [-0.05, 0) is 44.5 Å². The van der Waals surface area contributed by atoms with Gasteiger partial charge < -0.3 is 19.7 Å². The molecule has 0 aliphatic heterocycles. The van der Waals surface area contributed by atoms with Crippen LogP contribution in [-0.4, -0.2) is 50.9 Å². The van der Waals surface area contributed by atoms with Crippen molar-refractivity contribution >= 4 is 22.6 Å². The summed E-state index contributed by atoms with van der Waals surface area (Å²) < 4.78 is 23.4. The molecular weight excluding hydrogens is 420 g/mol.